The van der Waals surface area contributed by atoms with Crippen LogP contribution in [0.15, 0.2) is 6.07 Å². The van der Waals surface area contributed by atoms with Gasteiger partial charge in [-0.2, -0.15) is 0 Å². The van der Waals surface area contributed by atoms with Crippen LogP contribution in [0.2, 0.25) is 0 Å². The van der Waals surface area contributed by atoms with Crippen LogP contribution in [-0.4, -0.2) is 46.0 Å². The lowest BCUT2D eigenvalue weighted by Crippen LogP contribution is -2.33. The van der Waals surface area contributed by atoms with Crippen molar-refractivity contribution in [2.24, 2.45) is 5.92 Å². The average Bonchev–Trinajstić information content (AvgIpc) is 2.90. The number of aliphatic hydroxyl groups is 2. The molecular weight excluding hydrogens is 242 g/mol. The third-order valence-electron chi connectivity index (χ3n) is 3.75. The van der Waals surface area contributed by atoms with E-state index in [0.29, 0.717) is 0 Å². The van der Waals surface area contributed by atoms with Crippen molar-refractivity contribution in [1.29, 1.82) is 0 Å². The molecule has 0 amide bonds. The first kappa shape index (κ1) is 14.2. The highest BCUT2D eigenvalue weighted by atomic mass is 16.3. The molecule has 0 saturated carbocycles. The summed E-state index contributed by atoms with van der Waals surface area (Å²) < 4.78 is 0. The summed E-state index contributed by atoms with van der Waals surface area (Å²) >= 11 is 0. The quantitative estimate of drug-likeness (QED) is 0.823. The van der Waals surface area contributed by atoms with Crippen LogP contribution in [0.1, 0.15) is 31.8 Å². The third-order valence-corrected chi connectivity index (χ3v) is 3.75. The lowest BCUT2D eigenvalue weighted by molar-refractivity contribution is 0.224. The second-order valence-corrected chi connectivity index (χ2v) is 5.11. The van der Waals surface area contributed by atoms with Gasteiger partial charge in [-0.05, 0) is 12.8 Å². The Kier molecular flexibility index (Phi) is 4.71. The molecule has 1 aromatic heterocycles. The molecule has 2 unspecified atom stereocenters. The molecule has 2 atom stereocenters. The summed E-state index contributed by atoms with van der Waals surface area (Å²) in [6.07, 6.45) is 2.51. The molecule has 1 saturated heterocycles. The Hall–Kier alpha value is -1.20. The molecule has 106 valence electrons. The van der Waals surface area contributed by atoms with Crippen LogP contribution in [0.4, 0.5) is 5.82 Å². The van der Waals surface area contributed by atoms with Crippen molar-refractivity contribution in [2.75, 3.05) is 24.7 Å². The summed E-state index contributed by atoms with van der Waals surface area (Å²) in [4.78, 5) is 11.2. The van der Waals surface area contributed by atoms with E-state index in [4.69, 9.17) is 0 Å². The summed E-state index contributed by atoms with van der Waals surface area (Å²) in [5.74, 6) is 1.96. The predicted octanol–water partition coefficient (Wildman–Crippen LogP) is 0.781. The molecule has 0 aromatic carbocycles. The van der Waals surface area contributed by atoms with E-state index in [1.807, 2.05) is 13.0 Å². The van der Waals surface area contributed by atoms with Gasteiger partial charge in [0, 0.05) is 37.3 Å². The highest BCUT2D eigenvalue weighted by Gasteiger charge is 2.32. The number of hydrogen-bond donors (Lipinski definition) is 2. The standard InChI is InChI=1S/C14H23N3O2/c1-3-11-6-14(16-13(4-2)15-11)17-7-10(8-18)5-12(17)9-19/h6,10,12,18-19H,3-5,7-9H2,1-2H3. The molecule has 1 aliphatic heterocycles. The van der Waals surface area contributed by atoms with Crippen molar-refractivity contribution >= 4 is 5.82 Å². The van der Waals surface area contributed by atoms with Gasteiger partial charge in [0.1, 0.15) is 11.6 Å². The van der Waals surface area contributed by atoms with Crippen molar-refractivity contribution < 1.29 is 10.2 Å². The SMILES string of the molecule is CCc1cc(N2CC(CO)CC2CO)nc(CC)n1. The fourth-order valence-corrected chi connectivity index (χ4v) is 2.62. The lowest BCUT2D eigenvalue weighted by atomic mass is 10.1. The van der Waals surface area contributed by atoms with E-state index in [-0.39, 0.29) is 25.2 Å². The molecule has 1 aromatic rings. The number of aromatic nitrogens is 2. The van der Waals surface area contributed by atoms with Crippen LogP contribution in [0.3, 0.4) is 0 Å². The predicted molar refractivity (Wildman–Crippen MR) is 74.2 cm³/mol. The van der Waals surface area contributed by atoms with Crippen LogP contribution < -0.4 is 4.90 Å². The van der Waals surface area contributed by atoms with Gasteiger partial charge >= 0.3 is 0 Å². The fraction of sp³-hybridized carbons (Fsp3) is 0.714. The van der Waals surface area contributed by atoms with E-state index in [9.17, 15) is 10.2 Å². The molecule has 1 aliphatic rings. The Bertz CT molecular complexity index is 403. The van der Waals surface area contributed by atoms with Crippen molar-refractivity contribution in [3.8, 4) is 0 Å². The molecule has 5 nitrogen and oxygen atoms in total. The summed E-state index contributed by atoms with van der Waals surface area (Å²) in [6.45, 7) is 5.14. The maximum absolute atomic E-state index is 9.50. The average molecular weight is 265 g/mol. The van der Waals surface area contributed by atoms with Crippen LogP contribution in [-0.2, 0) is 12.8 Å². The molecule has 2 rings (SSSR count). The Balaban J connectivity index is 2.29. The van der Waals surface area contributed by atoms with Crippen molar-refractivity contribution in [3.63, 3.8) is 0 Å². The Labute approximate surface area is 114 Å². The minimum Gasteiger partial charge on any atom is -0.396 e. The van der Waals surface area contributed by atoms with E-state index in [1.165, 1.54) is 0 Å². The monoisotopic (exact) mass is 265 g/mol. The summed E-state index contributed by atoms with van der Waals surface area (Å²) in [5.41, 5.74) is 1.03. The van der Waals surface area contributed by atoms with E-state index in [1.54, 1.807) is 0 Å². The molecule has 2 heterocycles. The number of rotatable bonds is 5. The van der Waals surface area contributed by atoms with E-state index in [2.05, 4.69) is 21.8 Å². The minimum atomic E-state index is 0.0569. The smallest absolute Gasteiger partial charge is 0.132 e. The highest BCUT2D eigenvalue weighted by molar-refractivity contribution is 5.43. The van der Waals surface area contributed by atoms with Crippen LogP contribution in [0.5, 0.6) is 0 Å². The second-order valence-electron chi connectivity index (χ2n) is 5.11. The van der Waals surface area contributed by atoms with Gasteiger partial charge in [-0.25, -0.2) is 9.97 Å². The normalized spacial score (nSPS) is 23.1. The lowest BCUT2D eigenvalue weighted by Gasteiger charge is -2.24. The maximum Gasteiger partial charge on any atom is 0.132 e. The fourth-order valence-electron chi connectivity index (χ4n) is 2.62. The molecule has 19 heavy (non-hydrogen) atoms. The molecule has 2 N–H and O–H groups in total. The molecule has 0 spiro atoms. The number of aryl methyl sites for hydroxylation is 2. The first-order valence-corrected chi connectivity index (χ1v) is 7.06. The maximum atomic E-state index is 9.50. The Morgan fingerprint density at radius 3 is 2.58 bits per heavy atom. The topological polar surface area (TPSA) is 69.5 Å². The van der Waals surface area contributed by atoms with Crippen molar-refractivity contribution in [3.05, 3.63) is 17.6 Å². The number of nitrogens with zero attached hydrogens (tertiary/aromatic N) is 3. The molecule has 5 heteroatoms. The van der Waals surface area contributed by atoms with Crippen LogP contribution >= 0.6 is 0 Å². The molecule has 0 bridgehead atoms. The van der Waals surface area contributed by atoms with Crippen molar-refractivity contribution in [2.45, 2.75) is 39.2 Å². The summed E-state index contributed by atoms with van der Waals surface area (Å²) in [6, 6.07) is 2.06. The van der Waals surface area contributed by atoms with E-state index in [0.717, 1.165) is 43.1 Å². The summed E-state index contributed by atoms with van der Waals surface area (Å²) in [7, 11) is 0. The number of anilines is 1. The second kappa shape index (κ2) is 6.30. The minimum absolute atomic E-state index is 0.0569. The van der Waals surface area contributed by atoms with Crippen LogP contribution in [0.25, 0.3) is 0 Å². The van der Waals surface area contributed by atoms with Crippen LogP contribution in [0, 0.1) is 5.92 Å². The van der Waals surface area contributed by atoms with Gasteiger partial charge in [-0.15, -0.1) is 0 Å². The van der Waals surface area contributed by atoms with Gasteiger partial charge in [-0.3, -0.25) is 0 Å². The molecule has 0 radical (unpaired) electrons. The van der Waals surface area contributed by atoms with Gasteiger partial charge in [0.05, 0.1) is 12.6 Å². The number of aliphatic hydroxyl groups excluding tert-OH is 2. The molecular formula is C14H23N3O2. The van der Waals surface area contributed by atoms with E-state index < -0.39 is 0 Å². The first-order chi connectivity index (χ1) is 9.21. The zero-order valence-corrected chi connectivity index (χ0v) is 11.7. The Morgan fingerprint density at radius 1 is 1.21 bits per heavy atom. The first-order valence-electron chi connectivity index (χ1n) is 7.06. The van der Waals surface area contributed by atoms with Gasteiger partial charge in [0.25, 0.3) is 0 Å². The Morgan fingerprint density at radius 2 is 2.00 bits per heavy atom. The third kappa shape index (κ3) is 3.04. The van der Waals surface area contributed by atoms with Gasteiger partial charge < -0.3 is 15.1 Å². The highest BCUT2D eigenvalue weighted by Crippen LogP contribution is 2.28. The zero-order chi connectivity index (χ0) is 13.8. The van der Waals surface area contributed by atoms with Gasteiger partial charge in [0.2, 0.25) is 0 Å². The largest absolute Gasteiger partial charge is 0.396 e. The zero-order valence-electron chi connectivity index (χ0n) is 11.7. The van der Waals surface area contributed by atoms with Gasteiger partial charge in [0.15, 0.2) is 0 Å². The van der Waals surface area contributed by atoms with Gasteiger partial charge in [-0.1, -0.05) is 13.8 Å². The molecule has 1 fully saturated rings. The summed E-state index contributed by atoms with van der Waals surface area (Å²) in [5, 5.41) is 18.8. The van der Waals surface area contributed by atoms with Crippen molar-refractivity contribution in [1.82, 2.24) is 9.97 Å². The molecule has 0 aliphatic carbocycles. The number of hydrogen-bond acceptors (Lipinski definition) is 5. The van der Waals surface area contributed by atoms with E-state index >= 15 is 0 Å².